The Hall–Kier alpha value is -1.27. The molecule has 0 aromatic heterocycles. The van der Waals surface area contributed by atoms with E-state index in [0.29, 0.717) is 18.4 Å². The number of hydrogen-bond donors (Lipinski definition) is 1. The highest BCUT2D eigenvalue weighted by Gasteiger charge is 2.26. The van der Waals surface area contributed by atoms with Crippen LogP contribution < -0.4 is 4.74 Å². The molecule has 0 radical (unpaired) electrons. The van der Waals surface area contributed by atoms with Crippen molar-refractivity contribution in [1.82, 2.24) is 4.90 Å². The minimum Gasteiger partial charge on any atom is -0.507 e. The SMILES string of the molecule is CCCN(Cc1ccccc1)[C@@H]1COc2cc(O)c(I)cc2C1. The highest BCUT2D eigenvalue weighted by atomic mass is 127. The molecule has 0 spiro atoms. The Kier molecular flexibility index (Phi) is 5.43. The average Bonchev–Trinajstić information content (AvgIpc) is 2.56. The van der Waals surface area contributed by atoms with Crippen molar-refractivity contribution in [2.45, 2.75) is 32.4 Å². The van der Waals surface area contributed by atoms with Gasteiger partial charge in [-0.2, -0.15) is 0 Å². The summed E-state index contributed by atoms with van der Waals surface area (Å²) in [6, 6.07) is 14.8. The number of hydrogen-bond acceptors (Lipinski definition) is 3. The van der Waals surface area contributed by atoms with E-state index in [1.807, 2.05) is 6.07 Å². The summed E-state index contributed by atoms with van der Waals surface area (Å²) in [6.45, 7) is 4.91. The van der Waals surface area contributed by atoms with Gasteiger partial charge in [0.25, 0.3) is 0 Å². The van der Waals surface area contributed by atoms with Crippen LogP contribution in [0.1, 0.15) is 24.5 Å². The van der Waals surface area contributed by atoms with Crippen LogP contribution in [0.4, 0.5) is 0 Å². The summed E-state index contributed by atoms with van der Waals surface area (Å²) in [7, 11) is 0. The normalized spacial score (nSPS) is 16.9. The lowest BCUT2D eigenvalue weighted by Gasteiger charge is -2.35. The number of halogens is 1. The Morgan fingerprint density at radius 2 is 2.04 bits per heavy atom. The summed E-state index contributed by atoms with van der Waals surface area (Å²) < 4.78 is 6.82. The number of aromatic hydroxyl groups is 1. The molecule has 0 aliphatic carbocycles. The molecule has 3 nitrogen and oxygen atoms in total. The van der Waals surface area contributed by atoms with E-state index in [1.54, 1.807) is 6.07 Å². The number of benzene rings is 2. The van der Waals surface area contributed by atoms with Crippen LogP contribution in [0.25, 0.3) is 0 Å². The maximum absolute atomic E-state index is 9.83. The first-order chi connectivity index (χ1) is 11.2. The number of nitrogens with zero attached hydrogens (tertiary/aromatic N) is 1. The van der Waals surface area contributed by atoms with E-state index in [2.05, 4.69) is 64.7 Å². The van der Waals surface area contributed by atoms with Crippen LogP contribution >= 0.6 is 22.6 Å². The standard InChI is InChI=1S/C19H22INO2/c1-2-8-21(12-14-6-4-3-5-7-14)16-9-15-10-17(20)18(22)11-19(15)23-13-16/h3-7,10-11,16,22H,2,8-9,12-13H2,1H3/t16-/m0/s1. The molecule has 1 aliphatic rings. The molecule has 1 aliphatic heterocycles. The van der Waals surface area contributed by atoms with Crippen molar-refractivity contribution in [2.24, 2.45) is 0 Å². The molecule has 3 rings (SSSR count). The molecule has 0 saturated carbocycles. The highest BCUT2D eigenvalue weighted by molar-refractivity contribution is 14.1. The second-order valence-electron chi connectivity index (χ2n) is 6.04. The molecule has 0 fully saturated rings. The second kappa shape index (κ2) is 7.53. The van der Waals surface area contributed by atoms with Crippen LogP contribution in [0.5, 0.6) is 11.5 Å². The number of fused-ring (bicyclic) bond motifs is 1. The molecule has 23 heavy (non-hydrogen) atoms. The van der Waals surface area contributed by atoms with Gasteiger partial charge in [0.05, 0.1) is 3.57 Å². The topological polar surface area (TPSA) is 32.7 Å². The van der Waals surface area contributed by atoms with Gasteiger partial charge in [0.1, 0.15) is 18.1 Å². The van der Waals surface area contributed by atoms with Gasteiger partial charge < -0.3 is 9.84 Å². The monoisotopic (exact) mass is 423 g/mol. The zero-order chi connectivity index (χ0) is 16.2. The zero-order valence-electron chi connectivity index (χ0n) is 13.3. The van der Waals surface area contributed by atoms with Crippen molar-refractivity contribution in [3.05, 3.63) is 57.2 Å². The van der Waals surface area contributed by atoms with Crippen LogP contribution in [-0.2, 0) is 13.0 Å². The van der Waals surface area contributed by atoms with Crippen molar-refractivity contribution in [3.63, 3.8) is 0 Å². The third-order valence-electron chi connectivity index (χ3n) is 4.27. The first-order valence-electron chi connectivity index (χ1n) is 8.09. The molecule has 0 bridgehead atoms. The predicted molar refractivity (Wildman–Crippen MR) is 101 cm³/mol. The lowest BCUT2D eigenvalue weighted by atomic mass is 10.0. The van der Waals surface area contributed by atoms with E-state index in [9.17, 15) is 5.11 Å². The molecule has 122 valence electrons. The first kappa shape index (κ1) is 16.6. The van der Waals surface area contributed by atoms with Crippen LogP contribution in [0, 0.1) is 3.57 Å². The van der Waals surface area contributed by atoms with E-state index in [4.69, 9.17) is 4.74 Å². The second-order valence-corrected chi connectivity index (χ2v) is 7.20. The lowest BCUT2D eigenvalue weighted by Crippen LogP contribution is -2.43. The highest BCUT2D eigenvalue weighted by Crippen LogP contribution is 2.33. The first-order valence-corrected chi connectivity index (χ1v) is 9.17. The number of rotatable bonds is 5. The Labute approximate surface area is 151 Å². The van der Waals surface area contributed by atoms with Crippen LogP contribution in [0.3, 0.4) is 0 Å². The minimum atomic E-state index is 0.303. The molecule has 1 heterocycles. The van der Waals surface area contributed by atoms with Crippen LogP contribution in [0.2, 0.25) is 0 Å². The van der Waals surface area contributed by atoms with Crippen LogP contribution in [-0.4, -0.2) is 29.2 Å². The van der Waals surface area contributed by atoms with Crippen molar-refractivity contribution in [2.75, 3.05) is 13.2 Å². The summed E-state index contributed by atoms with van der Waals surface area (Å²) in [5.41, 5.74) is 2.53. The Morgan fingerprint density at radius 3 is 2.78 bits per heavy atom. The summed E-state index contributed by atoms with van der Waals surface area (Å²) in [5, 5.41) is 9.83. The van der Waals surface area contributed by atoms with Crippen molar-refractivity contribution >= 4 is 22.6 Å². The van der Waals surface area contributed by atoms with Gasteiger partial charge in [-0.3, -0.25) is 4.90 Å². The lowest BCUT2D eigenvalue weighted by molar-refractivity contribution is 0.112. The maximum atomic E-state index is 9.83. The molecule has 0 saturated heterocycles. The summed E-state index contributed by atoms with van der Waals surface area (Å²) >= 11 is 2.17. The number of phenolic OH excluding ortho intramolecular Hbond substituents is 1. The molecule has 0 unspecified atom stereocenters. The molecular formula is C19H22INO2. The Bertz CT molecular complexity index is 660. The van der Waals surface area contributed by atoms with Crippen molar-refractivity contribution in [1.29, 1.82) is 0 Å². The van der Waals surface area contributed by atoms with E-state index < -0.39 is 0 Å². The van der Waals surface area contributed by atoms with E-state index in [1.165, 1.54) is 11.1 Å². The van der Waals surface area contributed by atoms with E-state index in [-0.39, 0.29) is 0 Å². The largest absolute Gasteiger partial charge is 0.507 e. The fourth-order valence-electron chi connectivity index (χ4n) is 3.11. The van der Waals surface area contributed by atoms with Gasteiger partial charge in [-0.15, -0.1) is 0 Å². The van der Waals surface area contributed by atoms with E-state index >= 15 is 0 Å². The van der Waals surface area contributed by atoms with Gasteiger partial charge in [-0.1, -0.05) is 37.3 Å². The molecular weight excluding hydrogens is 401 g/mol. The predicted octanol–water partition coefficient (Wildman–Crippen LogP) is 4.21. The number of ether oxygens (including phenoxy) is 1. The van der Waals surface area contributed by atoms with Crippen molar-refractivity contribution in [3.8, 4) is 11.5 Å². The molecule has 0 amide bonds. The van der Waals surface area contributed by atoms with Gasteiger partial charge >= 0.3 is 0 Å². The fraction of sp³-hybridized carbons (Fsp3) is 0.368. The third kappa shape index (κ3) is 3.98. The van der Waals surface area contributed by atoms with Gasteiger partial charge in [-0.05, 0) is 59.2 Å². The smallest absolute Gasteiger partial charge is 0.132 e. The average molecular weight is 423 g/mol. The fourth-order valence-corrected chi connectivity index (χ4v) is 3.64. The maximum Gasteiger partial charge on any atom is 0.132 e. The van der Waals surface area contributed by atoms with E-state index in [0.717, 1.165) is 35.3 Å². The zero-order valence-corrected chi connectivity index (χ0v) is 15.5. The van der Waals surface area contributed by atoms with Crippen molar-refractivity contribution < 1.29 is 9.84 Å². The molecule has 4 heteroatoms. The molecule has 2 aromatic carbocycles. The Morgan fingerprint density at radius 1 is 1.26 bits per heavy atom. The third-order valence-corrected chi connectivity index (χ3v) is 5.14. The summed E-state index contributed by atoms with van der Waals surface area (Å²) in [5.74, 6) is 1.13. The summed E-state index contributed by atoms with van der Waals surface area (Å²) in [4.78, 5) is 2.51. The van der Waals surface area contributed by atoms with Gasteiger partial charge in [-0.25, -0.2) is 0 Å². The van der Waals surface area contributed by atoms with Crippen LogP contribution in [0.15, 0.2) is 42.5 Å². The summed E-state index contributed by atoms with van der Waals surface area (Å²) in [6.07, 6.45) is 2.10. The number of phenols is 1. The van der Waals surface area contributed by atoms with Gasteiger partial charge in [0.15, 0.2) is 0 Å². The minimum absolute atomic E-state index is 0.303. The van der Waals surface area contributed by atoms with Gasteiger partial charge in [0.2, 0.25) is 0 Å². The quantitative estimate of drug-likeness (QED) is 0.732. The molecule has 1 atom stereocenters. The van der Waals surface area contributed by atoms with Gasteiger partial charge in [0, 0.05) is 18.7 Å². The Balaban J connectivity index is 1.77. The molecule has 1 N–H and O–H groups in total. The molecule has 2 aromatic rings.